The van der Waals surface area contributed by atoms with Crippen LogP contribution in [-0.4, -0.2) is 79.9 Å². The molecule has 5 amide bonds. The minimum Gasteiger partial charge on any atom is -0.485 e. The van der Waals surface area contributed by atoms with Gasteiger partial charge in [0.05, 0.1) is 23.3 Å². The van der Waals surface area contributed by atoms with Crippen LogP contribution in [0.3, 0.4) is 0 Å². The van der Waals surface area contributed by atoms with E-state index in [2.05, 4.69) is 34.7 Å². The van der Waals surface area contributed by atoms with Crippen LogP contribution < -0.4 is 15.4 Å². The molecule has 0 radical (unpaired) electrons. The number of aliphatic imine (C=N–C) groups is 1. The lowest BCUT2D eigenvalue weighted by molar-refractivity contribution is -0.136. The van der Waals surface area contributed by atoms with Crippen molar-refractivity contribution in [3.63, 3.8) is 0 Å². The van der Waals surface area contributed by atoms with Gasteiger partial charge in [0, 0.05) is 40.4 Å². The van der Waals surface area contributed by atoms with Gasteiger partial charge in [-0.1, -0.05) is 36.2 Å². The summed E-state index contributed by atoms with van der Waals surface area (Å²) in [5.74, 6) is -2.23. The molecule has 2 N–H and O–H groups in total. The van der Waals surface area contributed by atoms with Crippen LogP contribution in [0.2, 0.25) is 5.02 Å². The number of aromatic nitrogens is 3. The second-order valence-electron chi connectivity index (χ2n) is 13.3. The molecule has 2 aromatic heterocycles. The van der Waals surface area contributed by atoms with Crippen LogP contribution in [0, 0.1) is 13.8 Å². The highest BCUT2D eigenvalue weighted by Crippen LogP contribution is 2.39. The first-order valence-electron chi connectivity index (χ1n) is 17.6. The molecule has 3 aliphatic rings. The maximum atomic E-state index is 13.3. The maximum Gasteiger partial charge on any atom is 0.266 e. The molecule has 0 saturated carbocycles. The zero-order valence-electron chi connectivity index (χ0n) is 29.5. The van der Waals surface area contributed by atoms with E-state index in [0.717, 1.165) is 37.2 Å². The van der Waals surface area contributed by atoms with Gasteiger partial charge in [-0.25, -0.2) is 0 Å². The number of hydrogen-bond acceptors (Lipinski definition) is 11. The summed E-state index contributed by atoms with van der Waals surface area (Å²) >= 11 is 7.82. The summed E-state index contributed by atoms with van der Waals surface area (Å²) in [7, 11) is 0. The molecule has 7 rings (SSSR count). The third kappa shape index (κ3) is 7.20. The fourth-order valence-electron chi connectivity index (χ4n) is 6.86. The molecule has 16 heteroatoms. The third-order valence-electron chi connectivity index (χ3n) is 9.75. The van der Waals surface area contributed by atoms with Crippen LogP contribution in [0.25, 0.3) is 5.00 Å². The van der Waals surface area contributed by atoms with Crippen molar-refractivity contribution in [3.8, 4) is 10.8 Å². The zero-order chi connectivity index (χ0) is 38.1. The molecule has 0 aliphatic carbocycles. The Morgan fingerprint density at radius 3 is 2.59 bits per heavy atom. The number of amides is 5. The Kier molecular flexibility index (Phi) is 10.5. The normalized spacial score (nSPS) is 17.7. The molecule has 0 spiro atoms. The fraction of sp³-hybridized carbons (Fsp3) is 0.342. The highest BCUT2D eigenvalue weighted by molar-refractivity contribution is 7.15. The number of aryl methyl sites for hydroxylation is 1. The lowest BCUT2D eigenvalue weighted by atomic mass is 9.99. The molecule has 2 aromatic carbocycles. The van der Waals surface area contributed by atoms with Crippen molar-refractivity contribution in [1.29, 1.82) is 0 Å². The summed E-state index contributed by atoms with van der Waals surface area (Å²) in [6.07, 6.45) is 3.89. The minimum absolute atomic E-state index is 0.00646. The van der Waals surface area contributed by atoms with Gasteiger partial charge in [0.2, 0.25) is 17.7 Å². The number of ether oxygens (including phenoxy) is 1. The van der Waals surface area contributed by atoms with Gasteiger partial charge in [-0.2, -0.15) is 0 Å². The SMILES string of the molecule is Cc1sc2c(c1C)C(c1ccc(Cl)cc1)=N[C@@H](CC(=O)NCCCCCC(=O)COc1cccc3c1C(=O)N(C1CCC(=O)NC1=O)C3=O)c1nncn1-2. The lowest BCUT2D eigenvalue weighted by Gasteiger charge is -2.27. The van der Waals surface area contributed by atoms with E-state index in [1.807, 2.05) is 28.8 Å². The van der Waals surface area contributed by atoms with E-state index in [1.54, 1.807) is 23.7 Å². The Hall–Kier alpha value is -5.54. The molecule has 1 fully saturated rings. The summed E-state index contributed by atoms with van der Waals surface area (Å²) in [6.45, 7) is 4.24. The Labute approximate surface area is 318 Å². The summed E-state index contributed by atoms with van der Waals surface area (Å²) < 4.78 is 7.62. The van der Waals surface area contributed by atoms with E-state index in [0.29, 0.717) is 36.7 Å². The van der Waals surface area contributed by atoms with Gasteiger partial charge in [-0.15, -0.1) is 21.5 Å². The average molecular weight is 770 g/mol. The summed E-state index contributed by atoms with van der Waals surface area (Å²) in [4.78, 5) is 83.3. The molecule has 1 unspecified atom stereocenters. The first kappa shape index (κ1) is 36.8. The number of piperidine rings is 1. The largest absolute Gasteiger partial charge is 0.485 e. The van der Waals surface area contributed by atoms with Gasteiger partial charge in [0.1, 0.15) is 35.8 Å². The van der Waals surface area contributed by atoms with Crippen LogP contribution in [0.4, 0.5) is 0 Å². The van der Waals surface area contributed by atoms with Gasteiger partial charge in [0.25, 0.3) is 11.8 Å². The Bertz CT molecular complexity index is 2230. The Balaban J connectivity index is 0.894. The van der Waals surface area contributed by atoms with Crippen LogP contribution in [0.5, 0.6) is 5.75 Å². The van der Waals surface area contributed by atoms with Crippen molar-refractivity contribution >= 4 is 64.0 Å². The zero-order valence-corrected chi connectivity index (χ0v) is 31.1. The van der Waals surface area contributed by atoms with Crippen molar-refractivity contribution in [2.75, 3.05) is 13.2 Å². The maximum absolute atomic E-state index is 13.3. The predicted octanol–water partition coefficient (Wildman–Crippen LogP) is 4.61. The number of carbonyl (C=O) groups excluding carboxylic acids is 6. The first-order chi connectivity index (χ1) is 26.0. The van der Waals surface area contributed by atoms with Gasteiger partial charge in [-0.3, -0.25) is 48.5 Å². The molecule has 0 bridgehead atoms. The number of nitrogens with one attached hydrogen (secondary N) is 2. The monoisotopic (exact) mass is 769 g/mol. The molecule has 14 nitrogen and oxygen atoms in total. The van der Waals surface area contributed by atoms with Crippen molar-refractivity contribution in [1.82, 2.24) is 30.3 Å². The number of thiophene rings is 1. The highest BCUT2D eigenvalue weighted by Gasteiger charge is 2.46. The average Bonchev–Trinajstić information content (AvgIpc) is 3.80. The smallest absolute Gasteiger partial charge is 0.266 e. The third-order valence-corrected chi connectivity index (χ3v) is 11.2. The topological polar surface area (TPSA) is 182 Å². The van der Waals surface area contributed by atoms with Crippen molar-refractivity contribution in [2.24, 2.45) is 4.99 Å². The number of benzene rings is 2. The lowest BCUT2D eigenvalue weighted by Crippen LogP contribution is -2.54. The van der Waals surface area contributed by atoms with Gasteiger partial charge < -0.3 is 10.1 Å². The number of hydrogen-bond donors (Lipinski definition) is 2. The second-order valence-corrected chi connectivity index (χ2v) is 15.0. The second kappa shape index (κ2) is 15.4. The number of carbonyl (C=O) groups is 6. The molecule has 54 heavy (non-hydrogen) atoms. The minimum atomic E-state index is -1.10. The van der Waals surface area contributed by atoms with Gasteiger partial charge in [0.15, 0.2) is 11.6 Å². The van der Waals surface area contributed by atoms with E-state index >= 15 is 0 Å². The molecular weight excluding hydrogens is 734 g/mol. The number of unbranched alkanes of at least 4 members (excludes halogenated alkanes) is 2. The van der Waals surface area contributed by atoms with E-state index < -0.39 is 35.7 Å². The van der Waals surface area contributed by atoms with Crippen molar-refractivity contribution in [3.05, 3.63) is 92.3 Å². The molecule has 4 aromatic rings. The fourth-order valence-corrected chi connectivity index (χ4v) is 8.12. The molecule has 1 saturated heterocycles. The van der Waals surface area contributed by atoms with E-state index in [9.17, 15) is 28.8 Å². The first-order valence-corrected chi connectivity index (χ1v) is 18.8. The highest BCUT2D eigenvalue weighted by atomic mass is 35.5. The van der Waals surface area contributed by atoms with Crippen LogP contribution in [-0.2, 0) is 19.2 Å². The quantitative estimate of drug-likeness (QED) is 0.145. The molecule has 5 heterocycles. The standard InChI is InChI=1S/C38H36ClN7O7S/c1-20-21(2)54-38-31(20)33(22-10-12-23(39)13-11-22)42-26(34-44-41-19-45(34)38)17-30(49)40-16-5-3-4-7-24(47)18-53-28-9-6-8-25-32(28)37(52)46(36(25)51)27-14-15-29(48)43-35(27)50/h6,8-13,19,26-27H,3-5,7,14-18H2,1-2H3,(H,40,49)(H,43,48,50)/t26-,27?/m0/s1. The van der Waals surface area contributed by atoms with Crippen LogP contribution >= 0.6 is 22.9 Å². The summed E-state index contributed by atoms with van der Waals surface area (Å²) in [5.41, 5.74) is 3.81. The predicted molar refractivity (Wildman–Crippen MR) is 198 cm³/mol. The summed E-state index contributed by atoms with van der Waals surface area (Å²) in [6, 6.07) is 10.3. The Morgan fingerprint density at radius 2 is 1.81 bits per heavy atom. The number of ketones is 1. The van der Waals surface area contributed by atoms with Crippen molar-refractivity contribution in [2.45, 2.75) is 70.9 Å². The van der Waals surface area contributed by atoms with Gasteiger partial charge in [-0.05, 0) is 62.9 Å². The number of Topliss-reactive ketones (excluding diaryl/α,β-unsaturated/α-hetero) is 1. The van der Waals surface area contributed by atoms with Crippen molar-refractivity contribution < 1.29 is 33.5 Å². The van der Waals surface area contributed by atoms with Crippen LogP contribution in [0.15, 0.2) is 53.8 Å². The summed E-state index contributed by atoms with van der Waals surface area (Å²) in [5, 5.41) is 15.2. The molecule has 278 valence electrons. The van der Waals surface area contributed by atoms with E-state index in [4.69, 9.17) is 21.3 Å². The number of fused-ring (bicyclic) bond motifs is 4. The molecular formula is C38H36ClN7O7S. The Morgan fingerprint density at radius 1 is 1.02 bits per heavy atom. The van der Waals surface area contributed by atoms with E-state index in [1.165, 1.54) is 12.1 Å². The number of halogens is 1. The van der Waals surface area contributed by atoms with Gasteiger partial charge >= 0.3 is 0 Å². The molecule has 3 aliphatic heterocycles. The number of rotatable bonds is 13. The van der Waals surface area contributed by atoms with E-state index in [-0.39, 0.29) is 60.9 Å². The number of nitrogens with zero attached hydrogens (tertiary/aromatic N) is 5. The number of imide groups is 2. The molecule has 2 atom stereocenters. The van der Waals surface area contributed by atoms with Crippen LogP contribution in [0.1, 0.15) is 99.1 Å².